The van der Waals surface area contributed by atoms with E-state index >= 15 is 0 Å². The highest BCUT2D eigenvalue weighted by atomic mass is 16.1. The lowest BCUT2D eigenvalue weighted by molar-refractivity contribution is 0.102. The van der Waals surface area contributed by atoms with Crippen LogP contribution in [-0.4, -0.2) is 10.9 Å². The third-order valence-corrected chi connectivity index (χ3v) is 3.68. The Labute approximate surface area is 141 Å². The van der Waals surface area contributed by atoms with E-state index in [1.807, 2.05) is 67.6 Å². The van der Waals surface area contributed by atoms with E-state index in [1.165, 1.54) is 0 Å². The van der Waals surface area contributed by atoms with Crippen LogP contribution < -0.4 is 10.6 Å². The predicted molar refractivity (Wildman–Crippen MR) is 97.1 cm³/mol. The van der Waals surface area contributed by atoms with Gasteiger partial charge < -0.3 is 10.6 Å². The summed E-state index contributed by atoms with van der Waals surface area (Å²) < 4.78 is 0. The van der Waals surface area contributed by atoms with Crippen LogP contribution in [-0.2, 0) is 6.54 Å². The van der Waals surface area contributed by atoms with E-state index in [1.54, 1.807) is 12.4 Å². The van der Waals surface area contributed by atoms with Gasteiger partial charge in [-0.2, -0.15) is 0 Å². The normalized spacial score (nSPS) is 10.2. The van der Waals surface area contributed by atoms with Crippen molar-refractivity contribution in [1.82, 2.24) is 4.98 Å². The number of nitrogens with one attached hydrogen (secondary N) is 2. The quantitative estimate of drug-likeness (QED) is 0.739. The minimum Gasteiger partial charge on any atom is -0.380 e. The Balaban J connectivity index is 1.74. The van der Waals surface area contributed by atoms with Gasteiger partial charge in [0.15, 0.2) is 0 Å². The smallest absolute Gasteiger partial charge is 0.257 e. The SMILES string of the molecule is Cc1cccc(NC(=O)c2ccccc2NCc2ccncc2)c1. The zero-order valence-corrected chi connectivity index (χ0v) is 13.5. The molecular weight excluding hydrogens is 298 g/mol. The van der Waals surface area contributed by atoms with Crippen molar-refractivity contribution in [3.8, 4) is 0 Å². The number of nitrogens with zero attached hydrogens (tertiary/aromatic N) is 1. The molecule has 0 unspecified atom stereocenters. The first kappa shape index (κ1) is 15.7. The maximum absolute atomic E-state index is 12.6. The summed E-state index contributed by atoms with van der Waals surface area (Å²) in [5, 5.41) is 6.27. The van der Waals surface area contributed by atoms with Crippen LogP contribution in [0.4, 0.5) is 11.4 Å². The summed E-state index contributed by atoms with van der Waals surface area (Å²) in [7, 11) is 0. The van der Waals surface area contributed by atoms with E-state index in [9.17, 15) is 4.79 Å². The third kappa shape index (κ3) is 3.98. The Morgan fingerprint density at radius 3 is 2.58 bits per heavy atom. The number of para-hydroxylation sites is 1. The van der Waals surface area contributed by atoms with Gasteiger partial charge in [0.2, 0.25) is 0 Å². The second kappa shape index (κ2) is 7.42. The molecule has 0 bridgehead atoms. The Morgan fingerprint density at radius 1 is 1.00 bits per heavy atom. The van der Waals surface area contributed by atoms with Crippen molar-refractivity contribution in [3.63, 3.8) is 0 Å². The second-order valence-electron chi connectivity index (χ2n) is 5.58. The third-order valence-electron chi connectivity index (χ3n) is 3.68. The van der Waals surface area contributed by atoms with Crippen LogP contribution in [0, 0.1) is 6.92 Å². The highest BCUT2D eigenvalue weighted by Crippen LogP contribution is 2.18. The monoisotopic (exact) mass is 317 g/mol. The number of carbonyl (C=O) groups excluding carboxylic acids is 1. The zero-order chi connectivity index (χ0) is 16.8. The molecule has 0 saturated heterocycles. The molecule has 0 saturated carbocycles. The molecule has 3 aromatic rings. The minimum absolute atomic E-state index is 0.126. The van der Waals surface area contributed by atoms with Crippen LogP contribution >= 0.6 is 0 Å². The van der Waals surface area contributed by atoms with E-state index in [2.05, 4.69) is 15.6 Å². The summed E-state index contributed by atoms with van der Waals surface area (Å²) in [5.74, 6) is -0.126. The molecule has 4 heteroatoms. The highest BCUT2D eigenvalue weighted by Gasteiger charge is 2.11. The van der Waals surface area contributed by atoms with Crippen molar-refractivity contribution in [2.24, 2.45) is 0 Å². The van der Waals surface area contributed by atoms with Crippen LogP contribution in [0.3, 0.4) is 0 Å². The van der Waals surface area contributed by atoms with Gasteiger partial charge in [-0.1, -0.05) is 24.3 Å². The summed E-state index contributed by atoms with van der Waals surface area (Å²) in [6.45, 7) is 2.64. The first-order valence-corrected chi connectivity index (χ1v) is 7.82. The topological polar surface area (TPSA) is 54.0 Å². The predicted octanol–water partition coefficient (Wildman–Crippen LogP) is 4.25. The van der Waals surface area contributed by atoms with Gasteiger partial charge in [-0.15, -0.1) is 0 Å². The van der Waals surface area contributed by atoms with Crippen LogP contribution in [0.1, 0.15) is 21.5 Å². The van der Waals surface area contributed by atoms with Gasteiger partial charge in [0.25, 0.3) is 5.91 Å². The van der Waals surface area contributed by atoms with Crippen LogP contribution in [0.15, 0.2) is 73.1 Å². The van der Waals surface area contributed by atoms with Crippen LogP contribution in [0.2, 0.25) is 0 Å². The molecular formula is C20H19N3O. The largest absolute Gasteiger partial charge is 0.380 e. The summed E-state index contributed by atoms with van der Waals surface area (Å²) in [6.07, 6.45) is 3.51. The molecule has 2 aromatic carbocycles. The number of hydrogen-bond donors (Lipinski definition) is 2. The molecule has 0 aliphatic rings. The molecule has 4 nitrogen and oxygen atoms in total. The molecule has 0 aliphatic carbocycles. The molecule has 0 atom stereocenters. The van der Waals surface area contributed by atoms with Gasteiger partial charge in [-0.25, -0.2) is 0 Å². The van der Waals surface area contributed by atoms with Crippen LogP contribution in [0.5, 0.6) is 0 Å². The Morgan fingerprint density at radius 2 is 1.79 bits per heavy atom. The number of carbonyl (C=O) groups is 1. The maximum Gasteiger partial charge on any atom is 0.257 e. The molecule has 24 heavy (non-hydrogen) atoms. The van der Waals surface area contributed by atoms with Gasteiger partial charge in [-0.05, 0) is 54.4 Å². The summed E-state index contributed by atoms with van der Waals surface area (Å²) in [4.78, 5) is 16.6. The summed E-state index contributed by atoms with van der Waals surface area (Å²) in [6, 6.07) is 19.2. The number of aromatic nitrogens is 1. The van der Waals surface area contributed by atoms with E-state index in [0.717, 1.165) is 22.5 Å². The lowest BCUT2D eigenvalue weighted by atomic mass is 10.1. The number of anilines is 2. The number of hydrogen-bond acceptors (Lipinski definition) is 3. The standard InChI is InChI=1S/C20H19N3O/c1-15-5-4-6-17(13-15)23-20(24)18-7-2-3-8-19(18)22-14-16-9-11-21-12-10-16/h2-13,22H,14H2,1H3,(H,23,24). The molecule has 1 aromatic heterocycles. The van der Waals surface area contributed by atoms with E-state index in [-0.39, 0.29) is 5.91 Å². The van der Waals surface area contributed by atoms with Gasteiger partial charge >= 0.3 is 0 Å². The molecule has 0 radical (unpaired) electrons. The maximum atomic E-state index is 12.6. The second-order valence-corrected chi connectivity index (χ2v) is 5.58. The van der Waals surface area contributed by atoms with Crippen LogP contribution in [0.25, 0.3) is 0 Å². The lowest BCUT2D eigenvalue weighted by Crippen LogP contribution is -2.14. The molecule has 1 amide bonds. The Hall–Kier alpha value is -3.14. The molecule has 0 fully saturated rings. The number of amides is 1. The minimum atomic E-state index is -0.126. The molecule has 1 heterocycles. The van der Waals surface area contributed by atoms with E-state index in [4.69, 9.17) is 0 Å². The highest BCUT2D eigenvalue weighted by molar-refractivity contribution is 6.08. The van der Waals surface area contributed by atoms with Crippen molar-refractivity contribution in [2.45, 2.75) is 13.5 Å². The van der Waals surface area contributed by atoms with E-state index in [0.29, 0.717) is 12.1 Å². The zero-order valence-electron chi connectivity index (χ0n) is 13.5. The lowest BCUT2D eigenvalue weighted by Gasteiger charge is -2.12. The van der Waals surface area contributed by atoms with Crippen molar-refractivity contribution in [2.75, 3.05) is 10.6 Å². The first-order chi connectivity index (χ1) is 11.7. The molecule has 120 valence electrons. The van der Waals surface area contributed by atoms with Crippen molar-refractivity contribution >= 4 is 17.3 Å². The summed E-state index contributed by atoms with van der Waals surface area (Å²) >= 11 is 0. The number of benzene rings is 2. The van der Waals surface area contributed by atoms with Gasteiger partial charge in [0.05, 0.1) is 5.56 Å². The van der Waals surface area contributed by atoms with E-state index < -0.39 is 0 Å². The fourth-order valence-corrected chi connectivity index (χ4v) is 2.45. The van der Waals surface area contributed by atoms with Gasteiger partial charge in [0, 0.05) is 30.3 Å². The van der Waals surface area contributed by atoms with Crippen molar-refractivity contribution in [1.29, 1.82) is 0 Å². The average Bonchev–Trinajstić information content (AvgIpc) is 2.61. The number of rotatable bonds is 5. The molecule has 3 rings (SSSR count). The number of pyridine rings is 1. The fourth-order valence-electron chi connectivity index (χ4n) is 2.45. The van der Waals surface area contributed by atoms with Crippen molar-refractivity contribution in [3.05, 3.63) is 89.7 Å². The first-order valence-electron chi connectivity index (χ1n) is 7.82. The average molecular weight is 317 g/mol. The van der Waals surface area contributed by atoms with Gasteiger partial charge in [-0.3, -0.25) is 9.78 Å². The number of aryl methyl sites for hydroxylation is 1. The molecule has 2 N–H and O–H groups in total. The molecule has 0 spiro atoms. The molecule has 0 aliphatic heterocycles. The van der Waals surface area contributed by atoms with Gasteiger partial charge in [0.1, 0.15) is 0 Å². The Bertz CT molecular complexity index is 831. The Kier molecular flexibility index (Phi) is 4.87. The fraction of sp³-hybridized carbons (Fsp3) is 0.100. The van der Waals surface area contributed by atoms with Crippen molar-refractivity contribution < 1.29 is 4.79 Å². The summed E-state index contributed by atoms with van der Waals surface area (Å²) in [5.41, 5.74) is 4.44.